The van der Waals surface area contributed by atoms with Crippen molar-refractivity contribution < 1.29 is 14.8 Å². The number of hydrogen-bond donors (Lipinski definition) is 1. The van der Waals surface area contributed by atoms with Crippen molar-refractivity contribution in [1.29, 1.82) is 0 Å². The molecule has 18 heavy (non-hydrogen) atoms. The normalized spacial score (nSPS) is 20.4. The standard InChI is InChI=1S/C10H13N3O4S/c14-9(15)7-4-2-1-3-5-12(7)10-11-6-8(18-10)13(16)17/h6-7H,1-5H2,(H,14,15). The molecule has 1 aliphatic heterocycles. The van der Waals surface area contributed by atoms with Crippen molar-refractivity contribution in [3.05, 3.63) is 16.3 Å². The van der Waals surface area contributed by atoms with Gasteiger partial charge in [-0.25, -0.2) is 9.78 Å². The lowest BCUT2D eigenvalue weighted by Crippen LogP contribution is -2.40. The molecule has 1 saturated heterocycles. The van der Waals surface area contributed by atoms with E-state index < -0.39 is 16.9 Å². The highest BCUT2D eigenvalue weighted by molar-refractivity contribution is 7.18. The summed E-state index contributed by atoms with van der Waals surface area (Å²) in [4.78, 5) is 27.0. The van der Waals surface area contributed by atoms with Crippen LogP contribution in [0.15, 0.2) is 6.20 Å². The third-order valence-corrected chi connectivity index (χ3v) is 3.93. The van der Waals surface area contributed by atoms with E-state index in [1.807, 2.05) is 0 Å². The van der Waals surface area contributed by atoms with Gasteiger partial charge in [0.1, 0.15) is 12.2 Å². The summed E-state index contributed by atoms with van der Waals surface area (Å²) in [5.74, 6) is -0.894. The molecule has 1 aromatic heterocycles. The zero-order chi connectivity index (χ0) is 13.1. The van der Waals surface area contributed by atoms with Crippen molar-refractivity contribution >= 4 is 27.4 Å². The van der Waals surface area contributed by atoms with Gasteiger partial charge in [-0.15, -0.1) is 0 Å². The number of nitrogens with zero attached hydrogens (tertiary/aromatic N) is 3. The molecule has 1 N–H and O–H groups in total. The van der Waals surface area contributed by atoms with Gasteiger partial charge in [-0.2, -0.15) is 0 Å². The number of carboxylic acids is 1. The molecule has 1 aliphatic rings. The summed E-state index contributed by atoms with van der Waals surface area (Å²) < 4.78 is 0. The van der Waals surface area contributed by atoms with Crippen LogP contribution >= 0.6 is 11.3 Å². The summed E-state index contributed by atoms with van der Waals surface area (Å²) in [6.45, 7) is 0.585. The lowest BCUT2D eigenvalue weighted by atomic mass is 10.1. The van der Waals surface area contributed by atoms with Crippen molar-refractivity contribution in [2.75, 3.05) is 11.4 Å². The molecule has 0 aromatic carbocycles. The molecule has 0 aliphatic carbocycles. The molecule has 8 heteroatoms. The maximum atomic E-state index is 11.2. The lowest BCUT2D eigenvalue weighted by Gasteiger charge is -2.25. The minimum atomic E-state index is -0.894. The topological polar surface area (TPSA) is 96.6 Å². The van der Waals surface area contributed by atoms with Crippen LogP contribution in [0.25, 0.3) is 0 Å². The number of thiazole rings is 1. The van der Waals surface area contributed by atoms with Crippen molar-refractivity contribution in [3.8, 4) is 0 Å². The first kappa shape index (κ1) is 12.7. The average Bonchev–Trinajstić information content (AvgIpc) is 2.67. The molecule has 98 valence electrons. The maximum absolute atomic E-state index is 11.2. The van der Waals surface area contributed by atoms with E-state index >= 15 is 0 Å². The van der Waals surface area contributed by atoms with Gasteiger partial charge in [0.15, 0.2) is 5.13 Å². The second kappa shape index (κ2) is 5.30. The molecule has 1 unspecified atom stereocenters. The Hall–Kier alpha value is -1.70. The lowest BCUT2D eigenvalue weighted by molar-refractivity contribution is -0.380. The van der Waals surface area contributed by atoms with E-state index in [1.165, 1.54) is 6.20 Å². The van der Waals surface area contributed by atoms with E-state index in [0.29, 0.717) is 18.1 Å². The smallest absolute Gasteiger partial charge is 0.345 e. The molecular formula is C10H13N3O4S. The minimum absolute atomic E-state index is 0.0571. The second-order valence-electron chi connectivity index (χ2n) is 4.13. The fourth-order valence-corrected chi connectivity index (χ4v) is 2.88. The predicted octanol–water partition coefficient (Wildman–Crippen LogP) is 1.88. The number of anilines is 1. The Bertz CT molecular complexity index is 462. The van der Waals surface area contributed by atoms with Gasteiger partial charge >= 0.3 is 11.0 Å². The van der Waals surface area contributed by atoms with E-state index in [4.69, 9.17) is 0 Å². The van der Waals surface area contributed by atoms with Gasteiger partial charge in [-0.1, -0.05) is 12.8 Å². The Kier molecular flexibility index (Phi) is 3.75. The van der Waals surface area contributed by atoms with Crippen LogP contribution < -0.4 is 4.90 Å². The molecule has 7 nitrogen and oxygen atoms in total. The fraction of sp³-hybridized carbons (Fsp3) is 0.600. The van der Waals surface area contributed by atoms with E-state index in [9.17, 15) is 20.0 Å². The van der Waals surface area contributed by atoms with Crippen LogP contribution in [0.3, 0.4) is 0 Å². The summed E-state index contributed by atoms with van der Waals surface area (Å²) in [5.41, 5.74) is 0. The molecular weight excluding hydrogens is 258 g/mol. The van der Waals surface area contributed by atoms with Crippen LogP contribution in [0.5, 0.6) is 0 Å². The van der Waals surface area contributed by atoms with Crippen molar-refractivity contribution in [2.45, 2.75) is 31.7 Å². The monoisotopic (exact) mass is 271 g/mol. The van der Waals surface area contributed by atoms with Crippen molar-refractivity contribution in [3.63, 3.8) is 0 Å². The Morgan fingerprint density at radius 2 is 2.33 bits per heavy atom. The number of rotatable bonds is 3. The second-order valence-corrected chi connectivity index (χ2v) is 5.12. The average molecular weight is 271 g/mol. The Labute approximate surface area is 107 Å². The SMILES string of the molecule is O=C(O)C1CCCCCN1c1ncc([N+](=O)[O-])s1. The molecule has 0 amide bonds. The van der Waals surface area contributed by atoms with Gasteiger partial charge in [0.25, 0.3) is 0 Å². The molecule has 1 atom stereocenters. The van der Waals surface area contributed by atoms with Crippen molar-refractivity contribution in [1.82, 2.24) is 4.98 Å². The summed E-state index contributed by atoms with van der Waals surface area (Å²) in [7, 11) is 0. The number of carbonyl (C=O) groups is 1. The Balaban J connectivity index is 2.25. The number of nitro groups is 1. The van der Waals surface area contributed by atoms with Crippen LogP contribution in [-0.4, -0.2) is 33.6 Å². The number of aliphatic carboxylic acids is 1. The number of carboxylic acid groups (broad SMARTS) is 1. The Morgan fingerprint density at radius 3 is 2.94 bits per heavy atom. The van der Waals surface area contributed by atoms with Gasteiger partial charge in [-0.05, 0) is 24.2 Å². The summed E-state index contributed by atoms with van der Waals surface area (Å²) in [6.07, 6.45) is 4.47. The largest absolute Gasteiger partial charge is 0.480 e. The highest BCUT2D eigenvalue weighted by Gasteiger charge is 2.30. The summed E-state index contributed by atoms with van der Waals surface area (Å²) in [6, 6.07) is -0.627. The van der Waals surface area contributed by atoms with Gasteiger partial charge in [0, 0.05) is 6.54 Å². The molecule has 1 fully saturated rings. The highest BCUT2D eigenvalue weighted by atomic mass is 32.1. The third kappa shape index (κ3) is 2.58. The molecule has 0 bridgehead atoms. The number of hydrogen-bond acceptors (Lipinski definition) is 6. The van der Waals surface area contributed by atoms with Crippen LogP contribution in [0, 0.1) is 10.1 Å². The minimum Gasteiger partial charge on any atom is -0.480 e. The zero-order valence-electron chi connectivity index (χ0n) is 9.61. The quantitative estimate of drug-likeness (QED) is 0.666. The molecule has 0 spiro atoms. The zero-order valence-corrected chi connectivity index (χ0v) is 10.4. The van der Waals surface area contributed by atoms with Gasteiger partial charge in [-0.3, -0.25) is 10.1 Å². The van der Waals surface area contributed by atoms with E-state index in [-0.39, 0.29) is 5.00 Å². The Morgan fingerprint density at radius 1 is 1.56 bits per heavy atom. The van der Waals surface area contributed by atoms with Gasteiger partial charge < -0.3 is 10.0 Å². The number of aromatic nitrogens is 1. The summed E-state index contributed by atoms with van der Waals surface area (Å²) >= 11 is 0.930. The van der Waals surface area contributed by atoms with Gasteiger partial charge in [0.05, 0.1) is 4.92 Å². The maximum Gasteiger partial charge on any atom is 0.345 e. The van der Waals surface area contributed by atoms with Crippen LogP contribution in [0.4, 0.5) is 10.1 Å². The molecule has 0 saturated carbocycles. The molecule has 1 aromatic rings. The van der Waals surface area contributed by atoms with E-state index in [2.05, 4.69) is 4.98 Å². The highest BCUT2D eigenvalue weighted by Crippen LogP contribution is 2.32. The van der Waals surface area contributed by atoms with Crippen LogP contribution in [-0.2, 0) is 4.79 Å². The predicted molar refractivity (Wildman–Crippen MR) is 66.0 cm³/mol. The fourth-order valence-electron chi connectivity index (χ4n) is 2.07. The van der Waals surface area contributed by atoms with Crippen LogP contribution in [0.2, 0.25) is 0 Å². The first-order chi connectivity index (χ1) is 8.59. The molecule has 2 rings (SSSR count). The van der Waals surface area contributed by atoms with E-state index in [0.717, 1.165) is 30.6 Å². The molecule has 2 heterocycles. The van der Waals surface area contributed by atoms with Crippen molar-refractivity contribution in [2.24, 2.45) is 0 Å². The van der Waals surface area contributed by atoms with Crippen LogP contribution in [0.1, 0.15) is 25.7 Å². The first-order valence-corrected chi connectivity index (χ1v) is 6.51. The first-order valence-electron chi connectivity index (χ1n) is 5.69. The van der Waals surface area contributed by atoms with Gasteiger partial charge in [0.2, 0.25) is 0 Å². The van der Waals surface area contributed by atoms with E-state index in [1.54, 1.807) is 4.90 Å². The molecule has 0 radical (unpaired) electrons. The summed E-state index contributed by atoms with van der Waals surface area (Å²) in [5, 5.41) is 20.2. The third-order valence-electron chi connectivity index (χ3n) is 2.94.